The number of carbonyl (C=O) groups is 1. The standard InChI is InChI=1S/C19H36N4O2/c1-3-20-18(21-13-7-6-10-16-8-4-5-9-16)22-17-11-14-23(15-12-17)19(24)25-2/h16-17H,3-15H2,1-2H3,(H2,20,21,22). The SMILES string of the molecule is CCNC(=NCCCCC1CCCC1)NC1CCN(C(=O)OC)CC1. The van der Waals surface area contributed by atoms with E-state index < -0.39 is 0 Å². The maximum absolute atomic E-state index is 11.5. The number of hydrogen-bond donors (Lipinski definition) is 2. The molecule has 0 bridgehead atoms. The molecule has 6 heteroatoms. The number of piperidine rings is 1. The summed E-state index contributed by atoms with van der Waals surface area (Å²) in [7, 11) is 1.44. The van der Waals surface area contributed by atoms with Crippen LogP contribution in [-0.2, 0) is 4.74 Å². The fourth-order valence-corrected chi connectivity index (χ4v) is 3.88. The van der Waals surface area contributed by atoms with Gasteiger partial charge in [0.2, 0.25) is 0 Å². The Balaban J connectivity index is 1.66. The van der Waals surface area contributed by atoms with Crippen molar-refractivity contribution in [3.63, 3.8) is 0 Å². The Kier molecular flexibility index (Phi) is 8.91. The van der Waals surface area contributed by atoms with E-state index in [4.69, 9.17) is 9.73 Å². The fraction of sp³-hybridized carbons (Fsp3) is 0.895. The van der Waals surface area contributed by atoms with E-state index in [-0.39, 0.29) is 6.09 Å². The van der Waals surface area contributed by atoms with Gasteiger partial charge in [-0.2, -0.15) is 0 Å². The molecule has 0 atom stereocenters. The lowest BCUT2D eigenvalue weighted by Gasteiger charge is -2.32. The van der Waals surface area contributed by atoms with Crippen molar-refractivity contribution in [2.75, 3.05) is 33.3 Å². The number of aliphatic imine (C=N–C) groups is 1. The zero-order valence-corrected chi connectivity index (χ0v) is 16.1. The van der Waals surface area contributed by atoms with E-state index in [2.05, 4.69) is 17.6 Å². The van der Waals surface area contributed by atoms with Crippen LogP contribution >= 0.6 is 0 Å². The molecule has 1 aliphatic heterocycles. The summed E-state index contributed by atoms with van der Waals surface area (Å²) < 4.78 is 4.79. The second-order valence-corrected chi connectivity index (χ2v) is 7.28. The lowest BCUT2D eigenvalue weighted by molar-refractivity contribution is 0.111. The van der Waals surface area contributed by atoms with E-state index in [1.54, 1.807) is 4.90 Å². The molecule has 1 saturated heterocycles. The van der Waals surface area contributed by atoms with E-state index in [0.29, 0.717) is 6.04 Å². The molecule has 144 valence electrons. The molecule has 2 rings (SSSR count). The van der Waals surface area contributed by atoms with Crippen LogP contribution in [0.1, 0.15) is 64.7 Å². The summed E-state index contributed by atoms with van der Waals surface area (Å²) in [5, 5.41) is 6.87. The molecule has 2 aliphatic rings. The van der Waals surface area contributed by atoms with Gasteiger partial charge in [-0.3, -0.25) is 4.99 Å². The zero-order valence-electron chi connectivity index (χ0n) is 16.1. The van der Waals surface area contributed by atoms with E-state index >= 15 is 0 Å². The first-order chi connectivity index (χ1) is 12.2. The van der Waals surface area contributed by atoms with Gasteiger partial charge in [-0.15, -0.1) is 0 Å². The summed E-state index contributed by atoms with van der Waals surface area (Å²) in [5.74, 6) is 1.90. The summed E-state index contributed by atoms with van der Waals surface area (Å²) in [6.45, 7) is 5.34. The van der Waals surface area contributed by atoms with Gasteiger partial charge in [0, 0.05) is 32.2 Å². The Morgan fingerprint density at radius 3 is 2.52 bits per heavy atom. The summed E-state index contributed by atoms with van der Waals surface area (Å²) in [4.78, 5) is 18.0. The topological polar surface area (TPSA) is 66.0 Å². The van der Waals surface area contributed by atoms with E-state index in [9.17, 15) is 4.79 Å². The van der Waals surface area contributed by atoms with E-state index in [1.165, 1.54) is 52.1 Å². The number of amides is 1. The molecular weight excluding hydrogens is 316 g/mol. The van der Waals surface area contributed by atoms with E-state index in [0.717, 1.165) is 50.9 Å². The minimum absolute atomic E-state index is 0.221. The maximum atomic E-state index is 11.5. The van der Waals surface area contributed by atoms with Gasteiger partial charge < -0.3 is 20.3 Å². The van der Waals surface area contributed by atoms with Crippen molar-refractivity contribution in [2.24, 2.45) is 10.9 Å². The monoisotopic (exact) mass is 352 g/mol. The Hall–Kier alpha value is -1.46. The number of rotatable bonds is 7. The highest BCUT2D eigenvalue weighted by Crippen LogP contribution is 2.28. The minimum atomic E-state index is -0.221. The highest BCUT2D eigenvalue weighted by molar-refractivity contribution is 5.80. The number of ether oxygens (including phenoxy) is 1. The van der Waals surface area contributed by atoms with Crippen molar-refractivity contribution in [3.05, 3.63) is 0 Å². The van der Waals surface area contributed by atoms with Gasteiger partial charge in [-0.05, 0) is 32.1 Å². The summed E-state index contributed by atoms with van der Waals surface area (Å²) in [5.41, 5.74) is 0. The van der Waals surface area contributed by atoms with Crippen LogP contribution in [0.4, 0.5) is 4.79 Å². The molecule has 0 aromatic rings. The fourth-order valence-electron chi connectivity index (χ4n) is 3.88. The van der Waals surface area contributed by atoms with Crippen LogP contribution in [0.5, 0.6) is 0 Å². The molecule has 1 aliphatic carbocycles. The van der Waals surface area contributed by atoms with Crippen LogP contribution in [0, 0.1) is 5.92 Å². The molecule has 0 aromatic heterocycles. The molecule has 0 unspecified atom stereocenters. The van der Waals surface area contributed by atoms with Gasteiger partial charge in [0.15, 0.2) is 5.96 Å². The average molecular weight is 353 g/mol. The highest BCUT2D eigenvalue weighted by Gasteiger charge is 2.23. The van der Waals surface area contributed by atoms with Crippen LogP contribution < -0.4 is 10.6 Å². The highest BCUT2D eigenvalue weighted by atomic mass is 16.5. The number of likely N-dealkylation sites (tertiary alicyclic amines) is 1. The van der Waals surface area contributed by atoms with Crippen LogP contribution in [0.15, 0.2) is 4.99 Å². The number of carbonyl (C=O) groups excluding carboxylic acids is 1. The Labute approximate surface area is 152 Å². The summed E-state index contributed by atoms with van der Waals surface area (Å²) >= 11 is 0. The zero-order chi connectivity index (χ0) is 17.9. The molecule has 1 saturated carbocycles. The normalized spacial score (nSPS) is 19.9. The first-order valence-corrected chi connectivity index (χ1v) is 10.1. The largest absolute Gasteiger partial charge is 0.453 e. The van der Waals surface area contributed by atoms with Crippen molar-refractivity contribution in [2.45, 2.75) is 70.8 Å². The van der Waals surface area contributed by atoms with Crippen LogP contribution in [-0.4, -0.2) is 56.3 Å². The quantitative estimate of drug-likeness (QED) is 0.420. The molecule has 0 spiro atoms. The van der Waals surface area contributed by atoms with Gasteiger partial charge in [0.25, 0.3) is 0 Å². The molecule has 1 amide bonds. The van der Waals surface area contributed by atoms with Gasteiger partial charge >= 0.3 is 6.09 Å². The summed E-state index contributed by atoms with van der Waals surface area (Å²) in [6.07, 6.45) is 11.3. The first-order valence-electron chi connectivity index (χ1n) is 10.1. The second-order valence-electron chi connectivity index (χ2n) is 7.28. The predicted molar refractivity (Wildman–Crippen MR) is 102 cm³/mol. The van der Waals surface area contributed by atoms with Crippen molar-refractivity contribution >= 4 is 12.1 Å². The van der Waals surface area contributed by atoms with Crippen LogP contribution in [0.2, 0.25) is 0 Å². The third kappa shape index (κ3) is 7.12. The number of nitrogens with zero attached hydrogens (tertiary/aromatic N) is 2. The Bertz CT molecular complexity index is 414. The van der Waals surface area contributed by atoms with Gasteiger partial charge in [-0.1, -0.05) is 38.5 Å². The molecular formula is C19H36N4O2. The molecule has 0 radical (unpaired) electrons. The minimum Gasteiger partial charge on any atom is -0.453 e. The molecule has 0 aromatic carbocycles. The van der Waals surface area contributed by atoms with E-state index in [1.807, 2.05) is 0 Å². The van der Waals surface area contributed by atoms with Crippen molar-refractivity contribution in [1.82, 2.24) is 15.5 Å². The molecule has 25 heavy (non-hydrogen) atoms. The first kappa shape index (κ1) is 19.9. The lowest BCUT2D eigenvalue weighted by atomic mass is 10.0. The smallest absolute Gasteiger partial charge is 0.409 e. The second kappa shape index (κ2) is 11.2. The molecule has 1 heterocycles. The van der Waals surface area contributed by atoms with Gasteiger partial charge in [0.1, 0.15) is 0 Å². The number of hydrogen-bond acceptors (Lipinski definition) is 3. The molecule has 2 fully saturated rings. The third-order valence-corrected chi connectivity index (χ3v) is 5.38. The summed E-state index contributed by atoms with van der Waals surface area (Å²) in [6, 6.07) is 0.372. The Morgan fingerprint density at radius 1 is 1.16 bits per heavy atom. The van der Waals surface area contributed by atoms with Gasteiger partial charge in [0.05, 0.1) is 7.11 Å². The van der Waals surface area contributed by atoms with Gasteiger partial charge in [-0.25, -0.2) is 4.79 Å². The molecule has 2 N–H and O–H groups in total. The number of nitrogens with one attached hydrogen (secondary N) is 2. The third-order valence-electron chi connectivity index (χ3n) is 5.38. The number of methoxy groups -OCH3 is 1. The molecule has 6 nitrogen and oxygen atoms in total. The average Bonchev–Trinajstić information content (AvgIpc) is 3.15. The van der Waals surface area contributed by atoms with Crippen LogP contribution in [0.25, 0.3) is 0 Å². The maximum Gasteiger partial charge on any atom is 0.409 e. The predicted octanol–water partition coefficient (Wildman–Crippen LogP) is 3.13. The number of guanidine groups is 1. The van der Waals surface area contributed by atoms with Crippen molar-refractivity contribution in [1.29, 1.82) is 0 Å². The number of unbranched alkanes of at least 4 members (excludes halogenated alkanes) is 1. The Morgan fingerprint density at radius 2 is 1.88 bits per heavy atom. The lowest BCUT2D eigenvalue weighted by Crippen LogP contribution is -2.49. The van der Waals surface area contributed by atoms with Crippen molar-refractivity contribution in [3.8, 4) is 0 Å². The van der Waals surface area contributed by atoms with Crippen molar-refractivity contribution < 1.29 is 9.53 Å². The van der Waals surface area contributed by atoms with Crippen LogP contribution in [0.3, 0.4) is 0 Å².